The molecule has 0 spiro atoms. The molecule has 5 heteroatoms. The molecular formula is C15H19FINO2. The molecule has 1 fully saturated rings. The number of aliphatic hydroxyl groups is 1. The predicted octanol–water partition coefficient (Wildman–Crippen LogP) is 3.10. The van der Waals surface area contributed by atoms with Gasteiger partial charge in [0.15, 0.2) is 0 Å². The second-order valence-corrected chi connectivity index (χ2v) is 6.88. The molecule has 2 rings (SSSR count). The Bertz CT molecular complexity index is 499. The third-order valence-corrected chi connectivity index (χ3v) is 4.85. The average molecular weight is 391 g/mol. The highest BCUT2D eigenvalue weighted by molar-refractivity contribution is 14.1. The monoisotopic (exact) mass is 391 g/mol. The summed E-state index contributed by atoms with van der Waals surface area (Å²) in [5.41, 5.74) is -0.354. The van der Waals surface area contributed by atoms with Gasteiger partial charge in [0.05, 0.1) is 11.2 Å². The molecule has 1 aliphatic rings. The molecule has 1 aromatic rings. The maximum atomic E-state index is 13.0. The van der Waals surface area contributed by atoms with Gasteiger partial charge in [-0.2, -0.15) is 0 Å². The Hall–Kier alpha value is -0.690. The molecule has 20 heavy (non-hydrogen) atoms. The number of benzene rings is 1. The molecule has 0 radical (unpaired) electrons. The van der Waals surface area contributed by atoms with Crippen molar-refractivity contribution in [2.45, 2.75) is 38.2 Å². The molecule has 0 aliphatic heterocycles. The molecule has 0 heterocycles. The zero-order valence-corrected chi connectivity index (χ0v) is 13.6. The lowest BCUT2D eigenvalue weighted by molar-refractivity contribution is -0.00540. The number of nitrogens with one attached hydrogen (secondary N) is 1. The maximum Gasteiger partial charge on any atom is 0.252 e. The SMILES string of the molecule is CC1CCC(O)(CNC(=O)c2ccc(F)cc2I)CC1. The minimum absolute atomic E-state index is 0.256. The fourth-order valence-electron chi connectivity index (χ4n) is 2.49. The van der Waals surface area contributed by atoms with E-state index in [1.165, 1.54) is 18.2 Å². The number of hydrogen-bond acceptors (Lipinski definition) is 2. The van der Waals surface area contributed by atoms with Gasteiger partial charge in [0.25, 0.3) is 5.91 Å². The third-order valence-electron chi connectivity index (χ3n) is 3.96. The fraction of sp³-hybridized carbons (Fsp3) is 0.533. The molecule has 0 atom stereocenters. The van der Waals surface area contributed by atoms with Crippen molar-refractivity contribution in [2.75, 3.05) is 6.54 Å². The van der Waals surface area contributed by atoms with E-state index >= 15 is 0 Å². The number of halogens is 2. The second kappa shape index (κ2) is 6.39. The second-order valence-electron chi connectivity index (χ2n) is 5.71. The van der Waals surface area contributed by atoms with Crippen molar-refractivity contribution in [1.82, 2.24) is 5.32 Å². The molecule has 1 amide bonds. The van der Waals surface area contributed by atoms with Crippen molar-refractivity contribution in [1.29, 1.82) is 0 Å². The van der Waals surface area contributed by atoms with Crippen LogP contribution >= 0.6 is 22.6 Å². The van der Waals surface area contributed by atoms with Gasteiger partial charge < -0.3 is 10.4 Å². The average Bonchev–Trinajstić information content (AvgIpc) is 2.40. The van der Waals surface area contributed by atoms with E-state index in [2.05, 4.69) is 12.2 Å². The fourth-order valence-corrected chi connectivity index (χ4v) is 3.21. The molecule has 1 aromatic carbocycles. The molecule has 1 aliphatic carbocycles. The van der Waals surface area contributed by atoms with E-state index in [9.17, 15) is 14.3 Å². The van der Waals surface area contributed by atoms with Crippen LogP contribution in [0.1, 0.15) is 43.0 Å². The van der Waals surface area contributed by atoms with Crippen molar-refractivity contribution in [3.63, 3.8) is 0 Å². The highest BCUT2D eigenvalue weighted by Gasteiger charge is 2.32. The van der Waals surface area contributed by atoms with Crippen molar-refractivity contribution < 1.29 is 14.3 Å². The zero-order valence-electron chi connectivity index (χ0n) is 11.5. The summed E-state index contributed by atoms with van der Waals surface area (Å²) >= 11 is 1.94. The summed E-state index contributed by atoms with van der Waals surface area (Å²) in [6.07, 6.45) is 3.41. The highest BCUT2D eigenvalue weighted by atomic mass is 127. The number of rotatable bonds is 3. The summed E-state index contributed by atoms with van der Waals surface area (Å²) in [5, 5.41) is 13.2. The molecule has 3 nitrogen and oxygen atoms in total. The van der Waals surface area contributed by atoms with Crippen LogP contribution in [0.15, 0.2) is 18.2 Å². The first-order valence-corrected chi connectivity index (χ1v) is 7.93. The van der Waals surface area contributed by atoms with Gasteiger partial charge in [0.2, 0.25) is 0 Å². The first-order valence-electron chi connectivity index (χ1n) is 6.85. The lowest BCUT2D eigenvalue weighted by atomic mass is 9.79. The van der Waals surface area contributed by atoms with Crippen LogP contribution in [0.3, 0.4) is 0 Å². The van der Waals surface area contributed by atoms with Crippen LogP contribution in [0.5, 0.6) is 0 Å². The number of carbonyl (C=O) groups excluding carboxylic acids is 1. The van der Waals surface area contributed by atoms with Gasteiger partial charge in [-0.25, -0.2) is 4.39 Å². The van der Waals surface area contributed by atoms with E-state index in [1.807, 2.05) is 22.6 Å². The van der Waals surface area contributed by atoms with Crippen LogP contribution in [0.25, 0.3) is 0 Å². The van der Waals surface area contributed by atoms with E-state index in [4.69, 9.17) is 0 Å². The Morgan fingerprint density at radius 1 is 1.50 bits per heavy atom. The summed E-state index contributed by atoms with van der Waals surface area (Å²) in [6, 6.07) is 4.07. The van der Waals surface area contributed by atoms with Gasteiger partial charge >= 0.3 is 0 Å². The molecular weight excluding hydrogens is 372 g/mol. The largest absolute Gasteiger partial charge is 0.388 e. The van der Waals surface area contributed by atoms with E-state index in [-0.39, 0.29) is 18.3 Å². The standard InChI is InChI=1S/C15H19FINO2/c1-10-4-6-15(20,7-5-10)9-18-14(19)12-3-2-11(16)8-13(12)17/h2-3,8,10,20H,4-7,9H2,1H3,(H,18,19). The first kappa shape index (κ1) is 15.7. The lowest BCUT2D eigenvalue weighted by Crippen LogP contribution is -2.45. The van der Waals surface area contributed by atoms with Crippen LogP contribution in [0, 0.1) is 15.3 Å². The number of carbonyl (C=O) groups is 1. The van der Waals surface area contributed by atoms with Crippen molar-refractivity contribution in [2.24, 2.45) is 5.92 Å². The first-order chi connectivity index (χ1) is 9.39. The van der Waals surface area contributed by atoms with E-state index in [0.717, 1.165) is 25.7 Å². The molecule has 0 bridgehead atoms. The van der Waals surface area contributed by atoms with Crippen molar-refractivity contribution in [3.05, 3.63) is 33.1 Å². The minimum atomic E-state index is -0.798. The summed E-state index contributed by atoms with van der Waals surface area (Å²) in [6.45, 7) is 2.44. The third kappa shape index (κ3) is 3.91. The molecule has 0 saturated heterocycles. The summed E-state index contributed by atoms with van der Waals surface area (Å²) in [5.74, 6) is 0.0244. The van der Waals surface area contributed by atoms with Gasteiger partial charge in [0.1, 0.15) is 5.82 Å². The molecule has 1 saturated carbocycles. The van der Waals surface area contributed by atoms with Crippen LogP contribution in [0.4, 0.5) is 4.39 Å². The Kier molecular flexibility index (Phi) is 5.01. The summed E-state index contributed by atoms with van der Waals surface area (Å²) < 4.78 is 13.6. The van der Waals surface area contributed by atoms with Crippen LogP contribution in [0.2, 0.25) is 0 Å². The zero-order chi connectivity index (χ0) is 14.8. The molecule has 0 aromatic heterocycles. The summed E-state index contributed by atoms with van der Waals surface area (Å²) in [4.78, 5) is 12.1. The smallest absolute Gasteiger partial charge is 0.252 e. The molecule has 110 valence electrons. The van der Waals surface area contributed by atoms with Gasteiger partial charge in [-0.05, 0) is 72.4 Å². The normalized spacial score (nSPS) is 26.3. The van der Waals surface area contributed by atoms with Gasteiger partial charge in [-0.15, -0.1) is 0 Å². The van der Waals surface area contributed by atoms with Gasteiger partial charge in [-0.3, -0.25) is 4.79 Å². The van der Waals surface area contributed by atoms with Gasteiger partial charge in [-0.1, -0.05) is 6.92 Å². The highest BCUT2D eigenvalue weighted by Crippen LogP contribution is 2.31. The number of hydrogen-bond donors (Lipinski definition) is 2. The lowest BCUT2D eigenvalue weighted by Gasteiger charge is -2.35. The predicted molar refractivity (Wildman–Crippen MR) is 84.0 cm³/mol. The number of amides is 1. The van der Waals surface area contributed by atoms with Crippen LogP contribution < -0.4 is 5.32 Å². The van der Waals surface area contributed by atoms with E-state index in [0.29, 0.717) is 15.1 Å². The topological polar surface area (TPSA) is 49.3 Å². The van der Waals surface area contributed by atoms with Crippen LogP contribution in [-0.4, -0.2) is 23.2 Å². The van der Waals surface area contributed by atoms with Gasteiger partial charge in [0, 0.05) is 10.1 Å². The summed E-state index contributed by atoms with van der Waals surface area (Å²) in [7, 11) is 0. The molecule has 2 N–H and O–H groups in total. The van der Waals surface area contributed by atoms with Crippen LogP contribution in [-0.2, 0) is 0 Å². The minimum Gasteiger partial charge on any atom is -0.388 e. The maximum absolute atomic E-state index is 13.0. The Labute approximate surface area is 132 Å². The molecule has 0 unspecified atom stereocenters. The van der Waals surface area contributed by atoms with Crippen molar-refractivity contribution >= 4 is 28.5 Å². The quantitative estimate of drug-likeness (QED) is 0.779. The Morgan fingerprint density at radius 2 is 2.15 bits per heavy atom. The van der Waals surface area contributed by atoms with E-state index < -0.39 is 5.60 Å². The Balaban J connectivity index is 1.95. The van der Waals surface area contributed by atoms with E-state index in [1.54, 1.807) is 0 Å². The Morgan fingerprint density at radius 3 is 2.75 bits per heavy atom. The van der Waals surface area contributed by atoms with Crippen molar-refractivity contribution in [3.8, 4) is 0 Å².